The summed E-state index contributed by atoms with van der Waals surface area (Å²) < 4.78 is 5.46. The van der Waals surface area contributed by atoms with Crippen molar-refractivity contribution in [3.8, 4) is 0 Å². The molecule has 0 N–H and O–H groups in total. The molecule has 50 heavy (non-hydrogen) atoms. The Morgan fingerprint density at radius 3 is 0.880 bits per heavy atom. The van der Waals surface area contributed by atoms with E-state index in [4.69, 9.17) is 4.74 Å². The lowest BCUT2D eigenvalue weighted by Gasteiger charge is -2.06. The van der Waals surface area contributed by atoms with Gasteiger partial charge in [-0.05, 0) is 38.5 Å². The highest BCUT2D eigenvalue weighted by molar-refractivity contribution is 5.69. The summed E-state index contributed by atoms with van der Waals surface area (Å²) >= 11 is 0. The molecule has 0 radical (unpaired) electrons. The van der Waals surface area contributed by atoms with E-state index >= 15 is 0 Å². The van der Waals surface area contributed by atoms with Crippen molar-refractivity contribution in [2.45, 2.75) is 284 Å². The molecule has 0 fully saturated rings. The fourth-order valence-corrected chi connectivity index (χ4v) is 7.37. The van der Waals surface area contributed by atoms with Crippen LogP contribution >= 0.6 is 0 Å². The first-order chi connectivity index (χ1) is 24.8. The molecule has 0 aromatic heterocycles. The molecule has 2 heteroatoms. The van der Waals surface area contributed by atoms with Gasteiger partial charge in [-0.2, -0.15) is 0 Å². The Hall–Kier alpha value is -0.790. The highest BCUT2D eigenvalue weighted by Gasteiger charge is 2.03. The van der Waals surface area contributed by atoms with Crippen molar-refractivity contribution in [3.05, 3.63) is 12.2 Å². The number of carbonyl (C=O) groups excluding carboxylic acids is 1. The maximum Gasteiger partial charge on any atom is 0.305 e. The highest BCUT2D eigenvalue weighted by Crippen LogP contribution is 2.17. The second-order valence-corrected chi connectivity index (χ2v) is 16.1. The van der Waals surface area contributed by atoms with E-state index in [9.17, 15) is 4.79 Å². The number of unbranched alkanes of at least 4 members (excludes halogenated alkanes) is 38. The van der Waals surface area contributed by atoms with Crippen molar-refractivity contribution in [2.75, 3.05) is 6.61 Å². The Kier molecular flexibility index (Phi) is 45.5. The molecule has 0 rings (SSSR count). The van der Waals surface area contributed by atoms with Crippen molar-refractivity contribution >= 4 is 5.97 Å². The second-order valence-electron chi connectivity index (χ2n) is 16.1. The van der Waals surface area contributed by atoms with Crippen LogP contribution in [0.15, 0.2) is 12.2 Å². The van der Waals surface area contributed by atoms with E-state index in [1.165, 1.54) is 250 Å². The molecule has 0 saturated heterocycles. The van der Waals surface area contributed by atoms with E-state index in [0.717, 1.165) is 12.8 Å². The van der Waals surface area contributed by atoms with Gasteiger partial charge in [0.25, 0.3) is 0 Å². The summed E-state index contributed by atoms with van der Waals surface area (Å²) in [6.07, 6.45) is 62.0. The fourth-order valence-electron chi connectivity index (χ4n) is 7.37. The number of hydrogen-bond donors (Lipinski definition) is 0. The van der Waals surface area contributed by atoms with Crippen LogP contribution in [0, 0.1) is 0 Å². The molecule has 0 bridgehead atoms. The van der Waals surface area contributed by atoms with Crippen LogP contribution in [0.2, 0.25) is 0 Å². The van der Waals surface area contributed by atoms with E-state index in [1.54, 1.807) is 0 Å². The minimum atomic E-state index is 0.0245. The van der Waals surface area contributed by atoms with Crippen LogP contribution < -0.4 is 0 Å². The Labute approximate surface area is 316 Å². The van der Waals surface area contributed by atoms with Gasteiger partial charge in [0.2, 0.25) is 0 Å². The predicted octanol–water partition coefficient (Wildman–Crippen LogP) is 17.5. The summed E-state index contributed by atoms with van der Waals surface area (Å²) in [5.74, 6) is 0.0245. The van der Waals surface area contributed by atoms with E-state index < -0.39 is 0 Å². The molecule has 0 amide bonds. The third-order valence-electron chi connectivity index (χ3n) is 10.9. The summed E-state index contributed by atoms with van der Waals surface area (Å²) in [6.45, 7) is 5.20. The summed E-state index contributed by atoms with van der Waals surface area (Å²) in [7, 11) is 0. The van der Waals surface area contributed by atoms with Crippen LogP contribution in [0.5, 0.6) is 0 Å². The molecule has 0 aliphatic heterocycles. The molecular formula is C48H94O2. The molecule has 0 saturated carbocycles. The molecular weight excluding hydrogens is 609 g/mol. The molecule has 0 aromatic carbocycles. The molecule has 0 aliphatic rings. The van der Waals surface area contributed by atoms with Gasteiger partial charge in [0, 0.05) is 6.42 Å². The maximum atomic E-state index is 12.0. The van der Waals surface area contributed by atoms with Crippen LogP contribution in [0.4, 0.5) is 0 Å². The highest BCUT2D eigenvalue weighted by atomic mass is 16.5. The predicted molar refractivity (Wildman–Crippen MR) is 225 cm³/mol. The zero-order valence-corrected chi connectivity index (χ0v) is 34.9. The smallest absolute Gasteiger partial charge is 0.305 e. The third kappa shape index (κ3) is 45.2. The third-order valence-corrected chi connectivity index (χ3v) is 10.9. The van der Waals surface area contributed by atoms with Gasteiger partial charge in [-0.25, -0.2) is 0 Å². The van der Waals surface area contributed by atoms with Crippen molar-refractivity contribution in [1.82, 2.24) is 0 Å². The zero-order valence-electron chi connectivity index (χ0n) is 34.9. The maximum absolute atomic E-state index is 12.0. The summed E-state index contributed by atoms with van der Waals surface area (Å²) in [6, 6.07) is 0. The number of esters is 1. The van der Waals surface area contributed by atoms with Crippen molar-refractivity contribution < 1.29 is 9.53 Å². The molecule has 0 aliphatic carbocycles. The van der Waals surface area contributed by atoms with Crippen molar-refractivity contribution in [2.24, 2.45) is 0 Å². The first-order valence-electron chi connectivity index (χ1n) is 23.6. The van der Waals surface area contributed by atoms with Gasteiger partial charge in [-0.15, -0.1) is 0 Å². The number of ether oxygens (including phenoxy) is 1. The normalized spacial score (nSPS) is 11.6. The van der Waals surface area contributed by atoms with Gasteiger partial charge in [-0.3, -0.25) is 4.79 Å². The number of carbonyl (C=O) groups is 1. The van der Waals surface area contributed by atoms with Crippen LogP contribution in [0.1, 0.15) is 284 Å². The first-order valence-corrected chi connectivity index (χ1v) is 23.6. The van der Waals surface area contributed by atoms with Gasteiger partial charge < -0.3 is 4.74 Å². The monoisotopic (exact) mass is 703 g/mol. The number of rotatable bonds is 44. The first kappa shape index (κ1) is 49.2. The molecule has 0 unspecified atom stereocenters. The summed E-state index contributed by atoms with van der Waals surface area (Å²) in [5.41, 5.74) is 0. The number of allylic oxidation sites excluding steroid dienone is 2. The quantitative estimate of drug-likeness (QED) is 0.0359. The minimum Gasteiger partial charge on any atom is -0.466 e. The van der Waals surface area contributed by atoms with Crippen LogP contribution in [-0.4, -0.2) is 12.6 Å². The van der Waals surface area contributed by atoms with Gasteiger partial charge in [0.1, 0.15) is 0 Å². The SMILES string of the molecule is CCCCCC/C=C\CCCCCCCCOC(=O)CCCCCCCCCCCCCCCCCCCCCCCCCCCCCCC. The lowest BCUT2D eigenvalue weighted by atomic mass is 10.0. The molecule has 298 valence electrons. The summed E-state index contributed by atoms with van der Waals surface area (Å²) in [5, 5.41) is 0. The molecule has 2 nitrogen and oxygen atoms in total. The van der Waals surface area contributed by atoms with Crippen molar-refractivity contribution in [3.63, 3.8) is 0 Å². The van der Waals surface area contributed by atoms with Crippen LogP contribution in [0.25, 0.3) is 0 Å². The molecule has 0 atom stereocenters. The van der Waals surface area contributed by atoms with Crippen molar-refractivity contribution in [1.29, 1.82) is 0 Å². The fraction of sp³-hybridized carbons (Fsp3) is 0.938. The minimum absolute atomic E-state index is 0.0245. The lowest BCUT2D eigenvalue weighted by Crippen LogP contribution is -2.05. The van der Waals surface area contributed by atoms with E-state index in [1.807, 2.05) is 0 Å². The van der Waals surface area contributed by atoms with E-state index in [-0.39, 0.29) is 5.97 Å². The van der Waals surface area contributed by atoms with Gasteiger partial charge in [0.15, 0.2) is 0 Å². The Morgan fingerprint density at radius 2 is 0.560 bits per heavy atom. The standard InChI is InChI=1S/C48H94O2/c1-3-5-7-9-11-13-15-17-19-20-21-22-23-24-25-26-27-28-29-30-31-32-33-34-36-38-40-42-44-46-48(49)50-47-45-43-41-39-37-35-18-16-14-12-10-8-6-4-2/h14,16H,3-13,15,17-47H2,1-2H3/b16-14-. The van der Waals surface area contributed by atoms with E-state index in [0.29, 0.717) is 13.0 Å². The largest absolute Gasteiger partial charge is 0.466 e. The molecule has 0 spiro atoms. The zero-order chi connectivity index (χ0) is 36.1. The number of hydrogen-bond acceptors (Lipinski definition) is 2. The molecule has 0 heterocycles. The summed E-state index contributed by atoms with van der Waals surface area (Å²) in [4.78, 5) is 12.0. The van der Waals surface area contributed by atoms with E-state index in [2.05, 4.69) is 26.0 Å². The second kappa shape index (κ2) is 46.2. The van der Waals surface area contributed by atoms with Gasteiger partial charge in [-0.1, -0.05) is 251 Å². The Bertz CT molecular complexity index is 640. The van der Waals surface area contributed by atoms with Crippen LogP contribution in [-0.2, 0) is 9.53 Å². The molecule has 0 aromatic rings. The van der Waals surface area contributed by atoms with Crippen LogP contribution in [0.3, 0.4) is 0 Å². The lowest BCUT2D eigenvalue weighted by molar-refractivity contribution is -0.143. The Morgan fingerprint density at radius 1 is 0.320 bits per heavy atom. The van der Waals surface area contributed by atoms with Gasteiger partial charge >= 0.3 is 5.97 Å². The average molecular weight is 703 g/mol. The van der Waals surface area contributed by atoms with Gasteiger partial charge in [0.05, 0.1) is 6.61 Å². The topological polar surface area (TPSA) is 26.3 Å². The Balaban J connectivity index is 3.15. The average Bonchev–Trinajstić information content (AvgIpc) is 3.12.